The molecule has 0 radical (unpaired) electrons. The molecule has 1 aromatic rings. The lowest BCUT2D eigenvalue weighted by atomic mass is 10.1. The highest BCUT2D eigenvalue weighted by molar-refractivity contribution is 5.71. The summed E-state index contributed by atoms with van der Waals surface area (Å²) in [7, 11) is 0. The lowest BCUT2D eigenvalue weighted by Crippen LogP contribution is -2.36. The average Bonchev–Trinajstić information content (AvgIpc) is 2.73. The summed E-state index contributed by atoms with van der Waals surface area (Å²) in [4.78, 5) is 22.6. The molecule has 0 unspecified atom stereocenters. The van der Waals surface area contributed by atoms with Gasteiger partial charge in [0.15, 0.2) is 0 Å². The third-order valence-corrected chi connectivity index (χ3v) is 2.31. The van der Waals surface area contributed by atoms with Gasteiger partial charge in [-0.2, -0.15) is 0 Å². The second-order valence-electron chi connectivity index (χ2n) is 5.30. The number of carboxylic acid groups (broad SMARTS) is 1. The molecule has 0 bridgehead atoms. The molecular weight excluding hydrogens is 264 g/mol. The van der Waals surface area contributed by atoms with Gasteiger partial charge in [0.25, 0.3) is 0 Å². The molecule has 1 amide bonds. The zero-order valence-electron chi connectivity index (χ0n) is 12.1. The van der Waals surface area contributed by atoms with Gasteiger partial charge in [0, 0.05) is 6.54 Å². The molecule has 1 heterocycles. The molecule has 20 heavy (non-hydrogen) atoms. The third kappa shape index (κ3) is 5.25. The number of ether oxygens (including phenoxy) is 1. The predicted octanol–water partition coefficient (Wildman–Crippen LogP) is 1.34. The Morgan fingerprint density at radius 3 is 2.60 bits per heavy atom. The Morgan fingerprint density at radius 2 is 2.15 bits per heavy atom. The van der Waals surface area contributed by atoms with Crippen LogP contribution in [0.25, 0.3) is 0 Å². The predicted molar refractivity (Wildman–Crippen MR) is 70.1 cm³/mol. The van der Waals surface area contributed by atoms with E-state index in [1.54, 1.807) is 31.6 Å². The minimum atomic E-state index is -1.04. The SMILES string of the molecule is CCn1cc([C@H](CC(=O)O)NC(=O)OC(C)(C)C)nn1. The number of nitrogens with one attached hydrogen (secondary N) is 1. The van der Waals surface area contributed by atoms with E-state index in [9.17, 15) is 9.59 Å². The highest BCUT2D eigenvalue weighted by atomic mass is 16.6. The standard InChI is InChI=1S/C12H20N4O4/c1-5-16-7-9(14-15-16)8(6-10(17)18)13-11(19)20-12(2,3)4/h7-8H,5-6H2,1-4H3,(H,13,19)(H,17,18)/t8-/m0/s1. The molecule has 112 valence electrons. The molecule has 0 aliphatic heterocycles. The first-order chi connectivity index (χ1) is 9.21. The lowest BCUT2D eigenvalue weighted by molar-refractivity contribution is -0.137. The molecule has 0 spiro atoms. The number of nitrogens with zero attached hydrogens (tertiary/aromatic N) is 3. The van der Waals surface area contributed by atoms with Crippen LogP contribution in [0.4, 0.5) is 4.79 Å². The lowest BCUT2D eigenvalue weighted by Gasteiger charge is -2.22. The normalized spacial score (nSPS) is 12.8. The van der Waals surface area contributed by atoms with Crippen molar-refractivity contribution >= 4 is 12.1 Å². The molecule has 8 heteroatoms. The molecule has 1 rings (SSSR count). The van der Waals surface area contributed by atoms with Crippen molar-refractivity contribution in [3.05, 3.63) is 11.9 Å². The van der Waals surface area contributed by atoms with Crippen LogP contribution in [0, 0.1) is 0 Å². The highest BCUT2D eigenvalue weighted by Crippen LogP contribution is 2.15. The summed E-state index contributed by atoms with van der Waals surface area (Å²) < 4.78 is 6.66. The monoisotopic (exact) mass is 284 g/mol. The summed E-state index contributed by atoms with van der Waals surface area (Å²) in [5.74, 6) is -1.04. The molecular formula is C12H20N4O4. The summed E-state index contributed by atoms with van der Waals surface area (Å²) >= 11 is 0. The summed E-state index contributed by atoms with van der Waals surface area (Å²) in [6.45, 7) is 7.68. The maximum absolute atomic E-state index is 11.7. The first-order valence-corrected chi connectivity index (χ1v) is 6.32. The minimum Gasteiger partial charge on any atom is -0.481 e. The first kappa shape index (κ1) is 15.9. The van der Waals surface area contributed by atoms with Gasteiger partial charge < -0.3 is 15.2 Å². The van der Waals surface area contributed by atoms with Gasteiger partial charge in [-0.15, -0.1) is 5.10 Å². The van der Waals surface area contributed by atoms with Gasteiger partial charge in [0.2, 0.25) is 0 Å². The van der Waals surface area contributed by atoms with Crippen LogP contribution in [0.2, 0.25) is 0 Å². The number of aliphatic carboxylic acids is 1. The smallest absolute Gasteiger partial charge is 0.408 e. The first-order valence-electron chi connectivity index (χ1n) is 6.32. The zero-order chi connectivity index (χ0) is 15.3. The van der Waals surface area contributed by atoms with E-state index < -0.39 is 23.7 Å². The number of carboxylic acids is 1. The van der Waals surface area contributed by atoms with Crippen LogP contribution in [0.15, 0.2) is 6.20 Å². The van der Waals surface area contributed by atoms with Gasteiger partial charge in [-0.1, -0.05) is 5.21 Å². The van der Waals surface area contributed by atoms with Crippen molar-refractivity contribution in [1.82, 2.24) is 20.3 Å². The van der Waals surface area contributed by atoms with Gasteiger partial charge in [-0.25, -0.2) is 4.79 Å². The van der Waals surface area contributed by atoms with E-state index in [2.05, 4.69) is 15.6 Å². The number of aryl methyl sites for hydroxylation is 1. The summed E-state index contributed by atoms with van der Waals surface area (Å²) in [6.07, 6.45) is 0.627. The molecule has 0 aliphatic carbocycles. The van der Waals surface area contributed by atoms with Crippen molar-refractivity contribution in [2.45, 2.75) is 52.3 Å². The van der Waals surface area contributed by atoms with Crippen LogP contribution >= 0.6 is 0 Å². The van der Waals surface area contributed by atoms with Gasteiger partial charge in [-0.3, -0.25) is 9.48 Å². The molecule has 1 aromatic heterocycles. The minimum absolute atomic E-state index is 0.290. The molecule has 0 fully saturated rings. The summed E-state index contributed by atoms with van der Waals surface area (Å²) in [5.41, 5.74) is -0.265. The van der Waals surface area contributed by atoms with E-state index in [-0.39, 0.29) is 6.42 Å². The van der Waals surface area contributed by atoms with Crippen LogP contribution in [-0.2, 0) is 16.1 Å². The fourth-order valence-electron chi connectivity index (χ4n) is 1.48. The van der Waals surface area contributed by atoms with E-state index in [0.29, 0.717) is 12.2 Å². The number of rotatable bonds is 5. The highest BCUT2D eigenvalue weighted by Gasteiger charge is 2.24. The van der Waals surface area contributed by atoms with Crippen LogP contribution in [0.3, 0.4) is 0 Å². The maximum atomic E-state index is 11.7. The number of alkyl carbamates (subject to hydrolysis) is 1. The molecule has 0 saturated carbocycles. The molecule has 0 aliphatic rings. The zero-order valence-corrected chi connectivity index (χ0v) is 12.1. The second kappa shape index (κ2) is 6.36. The van der Waals surface area contributed by atoms with Gasteiger partial charge >= 0.3 is 12.1 Å². The topological polar surface area (TPSA) is 106 Å². The molecule has 2 N–H and O–H groups in total. The van der Waals surface area contributed by atoms with Crippen molar-refractivity contribution in [3.63, 3.8) is 0 Å². The largest absolute Gasteiger partial charge is 0.481 e. The number of aromatic nitrogens is 3. The number of carbonyl (C=O) groups is 2. The van der Waals surface area contributed by atoms with Crippen molar-refractivity contribution in [3.8, 4) is 0 Å². The third-order valence-electron chi connectivity index (χ3n) is 2.31. The second-order valence-corrected chi connectivity index (χ2v) is 5.30. The fraction of sp³-hybridized carbons (Fsp3) is 0.667. The number of hydrogen-bond acceptors (Lipinski definition) is 5. The Labute approximate surface area is 117 Å². The Balaban J connectivity index is 2.79. The molecule has 8 nitrogen and oxygen atoms in total. The molecule has 0 saturated heterocycles. The van der Waals surface area contributed by atoms with E-state index in [4.69, 9.17) is 9.84 Å². The maximum Gasteiger partial charge on any atom is 0.408 e. The quantitative estimate of drug-likeness (QED) is 0.845. The van der Waals surface area contributed by atoms with Gasteiger partial charge in [0.1, 0.15) is 11.3 Å². The van der Waals surface area contributed by atoms with Gasteiger partial charge in [-0.05, 0) is 27.7 Å². The fourth-order valence-corrected chi connectivity index (χ4v) is 1.48. The van der Waals surface area contributed by atoms with E-state index >= 15 is 0 Å². The van der Waals surface area contributed by atoms with E-state index in [1.807, 2.05) is 6.92 Å². The van der Waals surface area contributed by atoms with Crippen LogP contribution in [0.5, 0.6) is 0 Å². The average molecular weight is 284 g/mol. The van der Waals surface area contributed by atoms with E-state index in [0.717, 1.165) is 0 Å². The summed E-state index contributed by atoms with van der Waals surface area (Å²) in [5, 5.41) is 19.1. The Kier molecular flexibility index (Phi) is 5.06. The number of amides is 1. The van der Waals surface area contributed by atoms with Crippen molar-refractivity contribution in [2.75, 3.05) is 0 Å². The van der Waals surface area contributed by atoms with Crippen LogP contribution in [0.1, 0.15) is 45.9 Å². The number of carbonyl (C=O) groups excluding carboxylic acids is 1. The summed E-state index contributed by atoms with van der Waals surface area (Å²) in [6, 6.07) is -0.775. The number of hydrogen-bond donors (Lipinski definition) is 2. The van der Waals surface area contributed by atoms with Crippen LogP contribution in [-0.4, -0.2) is 37.8 Å². The van der Waals surface area contributed by atoms with Crippen molar-refractivity contribution in [1.29, 1.82) is 0 Å². The van der Waals surface area contributed by atoms with Crippen molar-refractivity contribution < 1.29 is 19.4 Å². The van der Waals surface area contributed by atoms with E-state index in [1.165, 1.54) is 0 Å². The molecule has 0 aromatic carbocycles. The van der Waals surface area contributed by atoms with Gasteiger partial charge in [0.05, 0.1) is 18.7 Å². The Bertz CT molecular complexity index is 478. The molecule has 1 atom stereocenters. The Morgan fingerprint density at radius 1 is 1.50 bits per heavy atom. The van der Waals surface area contributed by atoms with Crippen molar-refractivity contribution in [2.24, 2.45) is 0 Å². The Hall–Kier alpha value is -2.12. The van der Waals surface area contributed by atoms with Crippen LogP contribution < -0.4 is 5.32 Å².